The van der Waals surface area contributed by atoms with Crippen LogP contribution in [0.1, 0.15) is 13.3 Å². The first kappa shape index (κ1) is 12.4. The van der Waals surface area contributed by atoms with Crippen molar-refractivity contribution >= 4 is 5.91 Å². The molecule has 5 nitrogen and oxygen atoms in total. The minimum atomic E-state index is 0.0737. The molecule has 0 N–H and O–H groups in total. The van der Waals surface area contributed by atoms with E-state index in [1.54, 1.807) is 0 Å². The van der Waals surface area contributed by atoms with E-state index in [2.05, 4.69) is 11.8 Å². The second-order valence-electron chi connectivity index (χ2n) is 5.43. The molecule has 3 fully saturated rings. The Hall–Kier alpha value is -0.650. The molecule has 18 heavy (non-hydrogen) atoms. The van der Waals surface area contributed by atoms with Crippen molar-refractivity contribution in [1.29, 1.82) is 0 Å². The van der Waals surface area contributed by atoms with Gasteiger partial charge < -0.3 is 14.4 Å². The largest absolute Gasteiger partial charge is 0.378 e. The van der Waals surface area contributed by atoms with E-state index in [0.29, 0.717) is 13.2 Å². The predicted octanol–water partition coefficient (Wildman–Crippen LogP) is -0.0456. The Morgan fingerprint density at radius 3 is 2.78 bits per heavy atom. The van der Waals surface area contributed by atoms with E-state index in [4.69, 9.17) is 9.47 Å². The summed E-state index contributed by atoms with van der Waals surface area (Å²) in [5.41, 5.74) is 0. The highest BCUT2D eigenvalue weighted by molar-refractivity contribution is 5.80. The van der Waals surface area contributed by atoms with Crippen molar-refractivity contribution in [2.24, 2.45) is 5.92 Å². The summed E-state index contributed by atoms with van der Waals surface area (Å²) in [5, 5.41) is 0. The molecule has 102 valence electrons. The van der Waals surface area contributed by atoms with Crippen LogP contribution in [0.15, 0.2) is 0 Å². The lowest BCUT2D eigenvalue weighted by Crippen LogP contribution is -2.48. The SMILES string of the molecule is CCN1C[C@H]2C[C@@H](C(=O)N3CCOCC3)[C@@H](C1)O2. The number of likely N-dealkylation sites (N-methyl/N-ethyl adjacent to an activating group) is 1. The molecule has 0 radical (unpaired) electrons. The maximum Gasteiger partial charge on any atom is 0.228 e. The van der Waals surface area contributed by atoms with Gasteiger partial charge in [-0.15, -0.1) is 0 Å². The van der Waals surface area contributed by atoms with Gasteiger partial charge in [0.25, 0.3) is 0 Å². The van der Waals surface area contributed by atoms with Crippen LogP contribution in [0, 0.1) is 5.92 Å². The number of hydrogen-bond donors (Lipinski definition) is 0. The molecule has 3 atom stereocenters. The zero-order chi connectivity index (χ0) is 12.5. The Balaban J connectivity index is 1.64. The highest BCUT2D eigenvalue weighted by atomic mass is 16.5. The van der Waals surface area contributed by atoms with Gasteiger partial charge in [-0.25, -0.2) is 0 Å². The van der Waals surface area contributed by atoms with Crippen LogP contribution in [-0.2, 0) is 14.3 Å². The average Bonchev–Trinajstić information content (AvgIpc) is 2.73. The molecule has 3 rings (SSSR count). The summed E-state index contributed by atoms with van der Waals surface area (Å²) in [7, 11) is 0. The van der Waals surface area contributed by atoms with Crippen LogP contribution >= 0.6 is 0 Å². The van der Waals surface area contributed by atoms with E-state index in [9.17, 15) is 4.79 Å². The van der Waals surface area contributed by atoms with E-state index in [0.717, 1.165) is 39.1 Å². The number of likely N-dealkylation sites (tertiary alicyclic amines) is 1. The first-order valence-corrected chi connectivity index (χ1v) is 7.02. The first-order valence-electron chi connectivity index (χ1n) is 7.02. The molecule has 5 heteroatoms. The third kappa shape index (κ3) is 2.27. The van der Waals surface area contributed by atoms with Crippen LogP contribution in [0.25, 0.3) is 0 Å². The number of ether oxygens (including phenoxy) is 2. The molecule has 2 bridgehead atoms. The van der Waals surface area contributed by atoms with Gasteiger partial charge in [-0.1, -0.05) is 6.92 Å². The average molecular weight is 254 g/mol. The van der Waals surface area contributed by atoms with Gasteiger partial charge in [0.15, 0.2) is 0 Å². The van der Waals surface area contributed by atoms with Crippen molar-refractivity contribution in [3.05, 3.63) is 0 Å². The van der Waals surface area contributed by atoms with Crippen LogP contribution < -0.4 is 0 Å². The number of hydrogen-bond acceptors (Lipinski definition) is 4. The maximum atomic E-state index is 12.5. The number of fused-ring (bicyclic) bond motifs is 2. The molecule has 3 aliphatic heterocycles. The van der Waals surface area contributed by atoms with Gasteiger partial charge >= 0.3 is 0 Å². The van der Waals surface area contributed by atoms with Gasteiger partial charge in [0.05, 0.1) is 31.3 Å². The lowest BCUT2D eigenvalue weighted by atomic mass is 9.98. The molecule has 3 heterocycles. The molecule has 0 aromatic rings. The number of carbonyl (C=O) groups is 1. The van der Waals surface area contributed by atoms with E-state index in [1.165, 1.54) is 0 Å². The quantitative estimate of drug-likeness (QED) is 0.693. The van der Waals surface area contributed by atoms with Crippen LogP contribution in [-0.4, -0.2) is 73.9 Å². The van der Waals surface area contributed by atoms with Gasteiger partial charge in [0.1, 0.15) is 0 Å². The first-order chi connectivity index (χ1) is 8.78. The monoisotopic (exact) mass is 254 g/mol. The minimum absolute atomic E-state index is 0.0737. The molecule has 3 saturated heterocycles. The number of amides is 1. The van der Waals surface area contributed by atoms with Crippen LogP contribution in [0.3, 0.4) is 0 Å². The van der Waals surface area contributed by atoms with Gasteiger partial charge in [-0.2, -0.15) is 0 Å². The standard InChI is InChI=1S/C13H22N2O3/c1-2-14-8-10-7-11(12(9-14)18-10)13(16)15-3-5-17-6-4-15/h10-12H,2-9H2,1H3/t10-,11-,12-/m1/s1. The van der Waals surface area contributed by atoms with Crippen molar-refractivity contribution in [3.63, 3.8) is 0 Å². The molecular formula is C13H22N2O3. The number of rotatable bonds is 2. The Morgan fingerprint density at radius 2 is 2.06 bits per heavy atom. The molecule has 1 amide bonds. The molecule has 0 saturated carbocycles. The van der Waals surface area contributed by atoms with Crippen molar-refractivity contribution in [1.82, 2.24) is 9.80 Å². The fourth-order valence-corrected chi connectivity index (χ4v) is 3.27. The summed E-state index contributed by atoms with van der Waals surface area (Å²) in [4.78, 5) is 16.9. The van der Waals surface area contributed by atoms with Crippen molar-refractivity contribution < 1.29 is 14.3 Å². The number of morpholine rings is 2. The fraction of sp³-hybridized carbons (Fsp3) is 0.923. The smallest absolute Gasteiger partial charge is 0.228 e. The molecule has 0 aromatic heterocycles. The summed E-state index contributed by atoms with van der Waals surface area (Å²) in [6.07, 6.45) is 1.27. The Morgan fingerprint density at radius 1 is 1.28 bits per heavy atom. The molecule has 3 aliphatic rings. The summed E-state index contributed by atoms with van der Waals surface area (Å²) in [6, 6.07) is 0. The van der Waals surface area contributed by atoms with E-state index in [1.807, 2.05) is 4.90 Å². The van der Waals surface area contributed by atoms with Crippen molar-refractivity contribution in [2.45, 2.75) is 25.6 Å². The zero-order valence-electron chi connectivity index (χ0n) is 11.0. The third-order valence-electron chi connectivity index (χ3n) is 4.32. The number of carbonyl (C=O) groups excluding carboxylic acids is 1. The van der Waals surface area contributed by atoms with Crippen molar-refractivity contribution in [3.8, 4) is 0 Å². The summed E-state index contributed by atoms with van der Waals surface area (Å²) >= 11 is 0. The number of nitrogens with zero attached hydrogens (tertiary/aromatic N) is 2. The third-order valence-corrected chi connectivity index (χ3v) is 4.32. The van der Waals surface area contributed by atoms with Crippen LogP contribution in [0.5, 0.6) is 0 Å². The second kappa shape index (κ2) is 5.15. The van der Waals surface area contributed by atoms with Gasteiger partial charge in [0.2, 0.25) is 5.91 Å². The highest BCUT2D eigenvalue weighted by Crippen LogP contribution is 2.33. The Labute approximate surface area is 108 Å². The molecular weight excluding hydrogens is 232 g/mol. The van der Waals surface area contributed by atoms with E-state index >= 15 is 0 Å². The molecule has 0 aromatic carbocycles. The maximum absolute atomic E-state index is 12.5. The molecule has 0 aliphatic carbocycles. The lowest BCUT2D eigenvalue weighted by Gasteiger charge is -2.33. The lowest BCUT2D eigenvalue weighted by molar-refractivity contribution is -0.142. The Bertz CT molecular complexity index is 317. The predicted molar refractivity (Wildman–Crippen MR) is 66.3 cm³/mol. The molecule has 0 unspecified atom stereocenters. The van der Waals surface area contributed by atoms with Crippen LogP contribution in [0.4, 0.5) is 0 Å². The minimum Gasteiger partial charge on any atom is -0.378 e. The normalized spacial score (nSPS) is 36.9. The van der Waals surface area contributed by atoms with Gasteiger partial charge in [-0.3, -0.25) is 9.69 Å². The van der Waals surface area contributed by atoms with Crippen molar-refractivity contribution in [2.75, 3.05) is 45.9 Å². The highest BCUT2D eigenvalue weighted by Gasteiger charge is 2.45. The van der Waals surface area contributed by atoms with Gasteiger partial charge in [0, 0.05) is 26.2 Å². The zero-order valence-corrected chi connectivity index (χ0v) is 11.0. The molecule has 0 spiro atoms. The summed E-state index contributed by atoms with van der Waals surface area (Å²) < 4.78 is 11.2. The topological polar surface area (TPSA) is 42.0 Å². The second-order valence-corrected chi connectivity index (χ2v) is 5.43. The van der Waals surface area contributed by atoms with E-state index in [-0.39, 0.29) is 24.0 Å². The van der Waals surface area contributed by atoms with Gasteiger partial charge in [-0.05, 0) is 13.0 Å². The fourth-order valence-electron chi connectivity index (χ4n) is 3.27. The summed E-state index contributed by atoms with van der Waals surface area (Å²) in [6.45, 7) is 7.95. The Kier molecular flexibility index (Phi) is 3.54. The van der Waals surface area contributed by atoms with E-state index < -0.39 is 0 Å². The summed E-state index contributed by atoms with van der Waals surface area (Å²) in [5.74, 6) is 0.355. The van der Waals surface area contributed by atoms with Crippen LogP contribution in [0.2, 0.25) is 0 Å².